The van der Waals surface area contributed by atoms with E-state index in [4.69, 9.17) is 9.47 Å². The van der Waals surface area contributed by atoms with Gasteiger partial charge in [-0.25, -0.2) is 0 Å². The third-order valence-electron chi connectivity index (χ3n) is 7.40. The van der Waals surface area contributed by atoms with Crippen LogP contribution in [0.15, 0.2) is 11.6 Å². The van der Waals surface area contributed by atoms with Gasteiger partial charge < -0.3 is 19.7 Å². The van der Waals surface area contributed by atoms with Crippen molar-refractivity contribution in [3.8, 4) is 0 Å². The molecule has 0 aromatic heterocycles. The molecule has 0 aromatic carbocycles. The summed E-state index contributed by atoms with van der Waals surface area (Å²) >= 11 is 0. The summed E-state index contributed by atoms with van der Waals surface area (Å²) in [6.07, 6.45) is 3.49. The molecule has 5 nitrogen and oxygen atoms in total. The lowest BCUT2D eigenvalue weighted by Gasteiger charge is -2.59. The molecule has 6 atom stereocenters. The number of carbonyl (C=O) groups excluding carboxylic acids is 1. The van der Waals surface area contributed by atoms with Gasteiger partial charge in [0.25, 0.3) is 0 Å². The molecule has 2 bridgehead atoms. The molecular formula is C18H26O5. The van der Waals surface area contributed by atoms with Crippen LogP contribution in [0.2, 0.25) is 0 Å². The van der Waals surface area contributed by atoms with Crippen molar-refractivity contribution in [2.24, 2.45) is 16.2 Å². The van der Waals surface area contributed by atoms with E-state index in [9.17, 15) is 15.0 Å². The highest BCUT2D eigenvalue weighted by molar-refractivity contribution is 5.66. The van der Waals surface area contributed by atoms with Crippen LogP contribution >= 0.6 is 0 Å². The van der Waals surface area contributed by atoms with Gasteiger partial charge in [-0.05, 0) is 32.6 Å². The number of aliphatic hydroxyl groups excluding tert-OH is 2. The number of hydrogen-bond acceptors (Lipinski definition) is 5. The summed E-state index contributed by atoms with van der Waals surface area (Å²) in [5, 5.41) is 21.6. The molecule has 3 fully saturated rings. The fourth-order valence-corrected chi connectivity index (χ4v) is 5.84. The van der Waals surface area contributed by atoms with E-state index in [0.29, 0.717) is 0 Å². The summed E-state index contributed by atoms with van der Waals surface area (Å²) in [5.41, 5.74) is 0.107. The normalized spacial score (nSPS) is 49.5. The highest BCUT2D eigenvalue weighted by atomic mass is 16.5. The van der Waals surface area contributed by atoms with Crippen molar-refractivity contribution in [3.63, 3.8) is 0 Å². The summed E-state index contributed by atoms with van der Waals surface area (Å²) in [6, 6.07) is 0. The summed E-state index contributed by atoms with van der Waals surface area (Å²) in [5.74, 6) is -0.312. The molecule has 2 N–H and O–H groups in total. The third-order valence-corrected chi connectivity index (χ3v) is 7.40. The zero-order chi connectivity index (χ0) is 16.6. The van der Waals surface area contributed by atoms with Gasteiger partial charge in [0.1, 0.15) is 12.7 Å². The average Bonchev–Trinajstić information content (AvgIpc) is 3.28. The Morgan fingerprint density at radius 1 is 1.39 bits per heavy atom. The second kappa shape index (κ2) is 4.58. The fraction of sp³-hybridized carbons (Fsp3) is 0.833. The van der Waals surface area contributed by atoms with Crippen molar-refractivity contribution in [2.45, 2.75) is 70.9 Å². The van der Waals surface area contributed by atoms with Crippen LogP contribution in [0.4, 0.5) is 0 Å². The highest BCUT2D eigenvalue weighted by Gasteiger charge is 2.82. The number of carbonyl (C=O) groups is 1. The maximum atomic E-state index is 11.5. The first kappa shape index (κ1) is 15.6. The monoisotopic (exact) mass is 322 g/mol. The first-order valence-corrected chi connectivity index (χ1v) is 8.61. The van der Waals surface area contributed by atoms with Gasteiger partial charge in [-0.1, -0.05) is 18.6 Å². The standard InChI is InChI=1S/C18H26O5/c1-10-4-5-18(9-22-11(2)19)12(8-10)23-15-13(20)14(21)16(18,3)17(15)6-7-17/h8,12-15,20-21H,4-7,9H2,1-3H3/t12-,13-,14-,15-,16+,18-/m0/s1. The number of allylic oxidation sites excluding steroid dienone is 1. The highest BCUT2D eigenvalue weighted by Crippen LogP contribution is 2.78. The van der Waals surface area contributed by atoms with Crippen molar-refractivity contribution in [3.05, 3.63) is 11.6 Å². The molecule has 5 heteroatoms. The van der Waals surface area contributed by atoms with Gasteiger partial charge in [0.15, 0.2) is 0 Å². The molecule has 4 aliphatic rings. The van der Waals surface area contributed by atoms with E-state index < -0.39 is 23.0 Å². The minimum Gasteiger partial charge on any atom is -0.465 e. The van der Waals surface area contributed by atoms with Gasteiger partial charge in [-0.15, -0.1) is 0 Å². The van der Waals surface area contributed by atoms with Crippen molar-refractivity contribution >= 4 is 5.97 Å². The summed E-state index contributed by atoms with van der Waals surface area (Å²) in [6.45, 7) is 5.82. The van der Waals surface area contributed by atoms with Crippen molar-refractivity contribution in [2.75, 3.05) is 6.61 Å². The number of rotatable bonds is 2. The van der Waals surface area contributed by atoms with Gasteiger partial charge in [-0.2, -0.15) is 0 Å². The number of ether oxygens (including phenoxy) is 2. The Hall–Kier alpha value is -0.910. The third kappa shape index (κ3) is 1.66. The Bertz CT molecular complexity index is 580. The van der Waals surface area contributed by atoms with Gasteiger partial charge in [0, 0.05) is 23.2 Å². The van der Waals surface area contributed by atoms with Crippen LogP contribution < -0.4 is 0 Å². The van der Waals surface area contributed by atoms with Crippen LogP contribution in [0.3, 0.4) is 0 Å². The van der Waals surface area contributed by atoms with E-state index in [0.717, 1.165) is 25.7 Å². The van der Waals surface area contributed by atoms with Gasteiger partial charge in [-0.3, -0.25) is 4.79 Å². The topological polar surface area (TPSA) is 76.0 Å². The Morgan fingerprint density at radius 3 is 2.70 bits per heavy atom. The second-order valence-electron chi connectivity index (χ2n) is 8.22. The second-order valence-corrected chi connectivity index (χ2v) is 8.22. The molecule has 1 spiro atoms. The Labute approximate surface area is 136 Å². The van der Waals surface area contributed by atoms with Crippen LogP contribution in [0.25, 0.3) is 0 Å². The number of aliphatic hydroxyl groups is 2. The smallest absolute Gasteiger partial charge is 0.302 e. The minimum absolute atomic E-state index is 0.179. The maximum Gasteiger partial charge on any atom is 0.302 e. The lowest BCUT2D eigenvalue weighted by molar-refractivity contribution is -0.234. The zero-order valence-electron chi connectivity index (χ0n) is 14.0. The fourth-order valence-electron chi connectivity index (χ4n) is 5.84. The molecule has 128 valence electrons. The first-order chi connectivity index (χ1) is 10.8. The molecule has 3 aliphatic carbocycles. The lowest BCUT2D eigenvalue weighted by atomic mass is 9.50. The van der Waals surface area contributed by atoms with Gasteiger partial charge in [0.2, 0.25) is 0 Å². The van der Waals surface area contributed by atoms with E-state index in [2.05, 4.69) is 19.9 Å². The van der Waals surface area contributed by atoms with Gasteiger partial charge in [0.05, 0.1) is 18.3 Å². The van der Waals surface area contributed by atoms with E-state index in [-0.39, 0.29) is 30.2 Å². The maximum absolute atomic E-state index is 11.5. The zero-order valence-corrected chi connectivity index (χ0v) is 14.0. The van der Waals surface area contributed by atoms with Crippen LogP contribution in [0, 0.1) is 16.2 Å². The summed E-state index contributed by atoms with van der Waals surface area (Å²) < 4.78 is 11.8. The van der Waals surface area contributed by atoms with Crippen molar-refractivity contribution < 1.29 is 24.5 Å². The van der Waals surface area contributed by atoms with Crippen LogP contribution in [0.5, 0.6) is 0 Å². The SMILES string of the molecule is CC(=O)OC[C@@]12CCC(C)=C[C@@H]1O[C@H]1[C@@H](O)[C@H](O)[C@]2(C)C12CC2. The van der Waals surface area contributed by atoms with E-state index in [1.54, 1.807) is 0 Å². The lowest BCUT2D eigenvalue weighted by Crippen LogP contribution is -2.63. The van der Waals surface area contributed by atoms with Crippen LogP contribution in [-0.2, 0) is 14.3 Å². The average molecular weight is 322 g/mol. The number of hydrogen-bond donors (Lipinski definition) is 2. The van der Waals surface area contributed by atoms with Crippen LogP contribution in [0.1, 0.15) is 46.5 Å². The Kier molecular flexibility index (Phi) is 3.11. The Balaban J connectivity index is 1.85. The number of esters is 1. The first-order valence-electron chi connectivity index (χ1n) is 8.61. The molecule has 0 amide bonds. The molecule has 1 saturated heterocycles. The van der Waals surface area contributed by atoms with E-state index in [1.165, 1.54) is 12.5 Å². The summed E-state index contributed by atoms with van der Waals surface area (Å²) in [7, 11) is 0. The predicted octanol–water partition coefficient (Wildman–Crippen LogP) is 1.57. The molecule has 0 unspecified atom stereocenters. The molecule has 0 radical (unpaired) electrons. The van der Waals surface area contributed by atoms with Gasteiger partial charge >= 0.3 is 5.97 Å². The van der Waals surface area contributed by atoms with Crippen molar-refractivity contribution in [1.82, 2.24) is 0 Å². The van der Waals surface area contributed by atoms with Crippen LogP contribution in [-0.4, -0.2) is 47.2 Å². The van der Waals surface area contributed by atoms with E-state index in [1.807, 2.05) is 0 Å². The molecule has 4 rings (SSSR count). The van der Waals surface area contributed by atoms with E-state index >= 15 is 0 Å². The summed E-state index contributed by atoms with van der Waals surface area (Å²) in [4.78, 5) is 11.5. The molecule has 0 aromatic rings. The predicted molar refractivity (Wildman–Crippen MR) is 82.5 cm³/mol. The number of fused-ring (bicyclic) bond motifs is 2. The molecule has 1 aliphatic heterocycles. The molecular weight excluding hydrogens is 296 g/mol. The Morgan fingerprint density at radius 2 is 2.09 bits per heavy atom. The molecule has 2 saturated carbocycles. The minimum atomic E-state index is -0.865. The molecule has 23 heavy (non-hydrogen) atoms. The quantitative estimate of drug-likeness (QED) is 0.596. The largest absolute Gasteiger partial charge is 0.465 e. The molecule has 1 heterocycles. The van der Waals surface area contributed by atoms with Crippen molar-refractivity contribution in [1.29, 1.82) is 0 Å².